The maximum Gasteiger partial charge on any atom is 0.254 e. The number of likely N-dealkylation sites (tertiary alicyclic amines) is 2. The topological polar surface area (TPSA) is 42.0 Å². The first kappa shape index (κ1) is 25.4. The van der Waals surface area contributed by atoms with Crippen LogP contribution in [0.1, 0.15) is 34.7 Å². The van der Waals surface area contributed by atoms with Crippen molar-refractivity contribution in [3.63, 3.8) is 0 Å². The van der Waals surface area contributed by atoms with Crippen molar-refractivity contribution in [2.24, 2.45) is 11.8 Å². The van der Waals surface area contributed by atoms with Crippen LogP contribution in [0.5, 0.6) is 0 Å². The summed E-state index contributed by atoms with van der Waals surface area (Å²) in [6, 6.07) is 20.7. The number of amides is 1. The average Bonchev–Trinajstić information content (AvgIpc) is 3.60. The molecular formula is C31H34F2N2O3. The number of carbonyl (C=O) groups is 1. The van der Waals surface area contributed by atoms with Gasteiger partial charge >= 0.3 is 0 Å². The predicted molar refractivity (Wildman–Crippen MR) is 142 cm³/mol. The number of rotatable bonds is 6. The Morgan fingerprint density at radius 1 is 0.947 bits per heavy atom. The molecule has 3 unspecified atom stereocenters. The lowest BCUT2D eigenvalue weighted by molar-refractivity contribution is -0.106. The summed E-state index contributed by atoms with van der Waals surface area (Å²) in [6.07, 6.45) is 1.00. The van der Waals surface area contributed by atoms with E-state index >= 15 is 0 Å². The van der Waals surface area contributed by atoms with Gasteiger partial charge in [0.25, 0.3) is 5.91 Å². The number of alkyl halides is 1. The minimum absolute atomic E-state index is 0.0136. The van der Waals surface area contributed by atoms with Gasteiger partial charge in [0.2, 0.25) is 0 Å². The van der Waals surface area contributed by atoms with Crippen LogP contribution in [0.4, 0.5) is 8.78 Å². The highest BCUT2D eigenvalue weighted by Gasteiger charge is 2.45. The van der Waals surface area contributed by atoms with Crippen molar-refractivity contribution in [3.8, 4) is 0 Å². The second kappa shape index (κ2) is 11.1. The van der Waals surface area contributed by atoms with Gasteiger partial charge in [0, 0.05) is 31.1 Å². The molecule has 3 aliphatic rings. The van der Waals surface area contributed by atoms with Gasteiger partial charge < -0.3 is 19.3 Å². The van der Waals surface area contributed by atoms with E-state index in [9.17, 15) is 13.6 Å². The Bertz CT molecular complexity index is 1260. The van der Waals surface area contributed by atoms with Crippen LogP contribution in [-0.2, 0) is 9.47 Å². The molecular weight excluding hydrogens is 486 g/mol. The smallest absolute Gasteiger partial charge is 0.254 e. The van der Waals surface area contributed by atoms with E-state index in [0.717, 1.165) is 43.2 Å². The lowest BCUT2D eigenvalue weighted by Crippen LogP contribution is -2.40. The third-order valence-electron chi connectivity index (χ3n) is 8.52. The van der Waals surface area contributed by atoms with Gasteiger partial charge in [0.15, 0.2) is 6.29 Å². The van der Waals surface area contributed by atoms with E-state index < -0.39 is 19.1 Å². The molecule has 200 valence electrons. The number of piperidine rings is 1. The van der Waals surface area contributed by atoms with Crippen LogP contribution in [-0.4, -0.2) is 74.1 Å². The molecule has 6 rings (SSSR count). The lowest BCUT2D eigenvalue weighted by atomic mass is 9.88. The first-order chi connectivity index (χ1) is 18.6. The second-order valence-electron chi connectivity index (χ2n) is 10.9. The summed E-state index contributed by atoms with van der Waals surface area (Å²) >= 11 is 0. The van der Waals surface area contributed by atoms with Crippen molar-refractivity contribution in [1.82, 2.24) is 9.80 Å². The number of benzene rings is 3. The van der Waals surface area contributed by atoms with Crippen LogP contribution >= 0.6 is 0 Å². The third kappa shape index (κ3) is 5.20. The van der Waals surface area contributed by atoms with Crippen molar-refractivity contribution in [1.29, 1.82) is 0 Å². The zero-order valence-corrected chi connectivity index (χ0v) is 21.5. The zero-order chi connectivity index (χ0) is 26.1. The third-order valence-corrected chi connectivity index (χ3v) is 8.52. The Kier molecular flexibility index (Phi) is 7.41. The van der Waals surface area contributed by atoms with Gasteiger partial charge in [-0.25, -0.2) is 8.78 Å². The molecule has 3 fully saturated rings. The number of hydrogen-bond donors (Lipinski definition) is 0. The van der Waals surface area contributed by atoms with Crippen molar-refractivity contribution in [2.75, 3.05) is 46.0 Å². The Morgan fingerprint density at radius 2 is 1.71 bits per heavy atom. The molecule has 0 saturated carbocycles. The van der Waals surface area contributed by atoms with Crippen LogP contribution in [0.3, 0.4) is 0 Å². The molecule has 0 radical (unpaired) electrons. The molecule has 3 aliphatic heterocycles. The van der Waals surface area contributed by atoms with Gasteiger partial charge in [0.05, 0.1) is 6.61 Å². The van der Waals surface area contributed by atoms with Crippen molar-refractivity contribution in [3.05, 3.63) is 83.7 Å². The average molecular weight is 521 g/mol. The van der Waals surface area contributed by atoms with Gasteiger partial charge in [-0.3, -0.25) is 4.79 Å². The van der Waals surface area contributed by atoms with Gasteiger partial charge in [-0.2, -0.15) is 0 Å². The zero-order valence-electron chi connectivity index (χ0n) is 21.5. The molecule has 3 saturated heterocycles. The lowest BCUT2D eigenvalue weighted by Gasteiger charge is -2.35. The Hall–Kier alpha value is -2.87. The molecule has 0 bridgehead atoms. The molecule has 0 aliphatic carbocycles. The number of ether oxygens (including phenoxy) is 2. The number of carbonyl (C=O) groups excluding carboxylic acids is 1. The first-order valence-electron chi connectivity index (χ1n) is 13.7. The number of hydrogen-bond acceptors (Lipinski definition) is 4. The van der Waals surface area contributed by atoms with Gasteiger partial charge in [0.1, 0.15) is 18.6 Å². The monoisotopic (exact) mass is 520 g/mol. The standard InChI is InChI=1S/C31H34F2N2O3/c32-16-26-20-37-31(38-26)29-19-35(30(36)28-7-3-5-23-4-1-2-6-27(23)28)18-24(29)17-34-14-12-22(13-15-34)21-8-10-25(33)11-9-21/h1-11,22,24,26,29,31H,12-20H2/t24?,26?,29-,31?/m1/s1. The number of fused-ring (bicyclic) bond motifs is 1. The molecule has 1 amide bonds. The normalized spacial score (nSPS) is 26.8. The highest BCUT2D eigenvalue weighted by Crippen LogP contribution is 2.36. The highest BCUT2D eigenvalue weighted by atomic mass is 19.1. The molecule has 38 heavy (non-hydrogen) atoms. The van der Waals surface area contributed by atoms with E-state index in [0.29, 0.717) is 24.6 Å². The SMILES string of the molecule is O=C(c1cccc2ccccc12)N1CC(CN2CCC(c3ccc(F)cc3)CC2)[C@H](C2OCC(CF)O2)C1. The minimum atomic E-state index is -0.566. The molecule has 7 heteroatoms. The van der Waals surface area contributed by atoms with E-state index in [4.69, 9.17) is 9.47 Å². The minimum Gasteiger partial charge on any atom is -0.349 e. The van der Waals surface area contributed by atoms with Crippen LogP contribution in [0.25, 0.3) is 10.8 Å². The van der Waals surface area contributed by atoms with E-state index in [1.165, 1.54) is 5.56 Å². The van der Waals surface area contributed by atoms with Gasteiger partial charge in [-0.05, 0) is 72.3 Å². The largest absolute Gasteiger partial charge is 0.349 e. The maximum atomic E-state index is 13.7. The maximum absolute atomic E-state index is 13.7. The number of halogens is 2. The van der Waals surface area contributed by atoms with E-state index in [-0.39, 0.29) is 30.2 Å². The fourth-order valence-electron chi connectivity index (χ4n) is 6.44. The van der Waals surface area contributed by atoms with E-state index in [1.807, 2.05) is 59.5 Å². The van der Waals surface area contributed by atoms with Crippen molar-refractivity contribution >= 4 is 16.7 Å². The summed E-state index contributed by atoms with van der Waals surface area (Å²) in [4.78, 5) is 18.1. The summed E-state index contributed by atoms with van der Waals surface area (Å²) in [6.45, 7) is 3.57. The molecule has 0 N–H and O–H groups in total. The Balaban J connectivity index is 1.16. The summed E-state index contributed by atoms with van der Waals surface area (Å²) in [7, 11) is 0. The van der Waals surface area contributed by atoms with E-state index in [2.05, 4.69) is 4.90 Å². The Morgan fingerprint density at radius 3 is 2.47 bits per heavy atom. The highest BCUT2D eigenvalue weighted by molar-refractivity contribution is 6.07. The fourth-order valence-corrected chi connectivity index (χ4v) is 6.44. The second-order valence-corrected chi connectivity index (χ2v) is 10.9. The van der Waals surface area contributed by atoms with Crippen LogP contribution in [0.15, 0.2) is 66.7 Å². The Labute approximate surface area is 222 Å². The molecule has 3 aromatic carbocycles. The molecule has 4 atom stereocenters. The van der Waals surface area contributed by atoms with E-state index in [1.54, 1.807) is 12.1 Å². The summed E-state index contributed by atoms with van der Waals surface area (Å²) in [5.41, 5.74) is 1.90. The first-order valence-corrected chi connectivity index (χ1v) is 13.7. The fraction of sp³-hybridized carbons (Fsp3) is 0.452. The van der Waals surface area contributed by atoms with Crippen molar-refractivity contribution < 1.29 is 23.0 Å². The van der Waals surface area contributed by atoms with Gasteiger partial charge in [-0.15, -0.1) is 0 Å². The van der Waals surface area contributed by atoms with Gasteiger partial charge in [-0.1, -0.05) is 48.5 Å². The summed E-state index contributed by atoms with van der Waals surface area (Å²) in [5.74, 6) is 0.402. The van der Waals surface area contributed by atoms with Crippen LogP contribution in [0.2, 0.25) is 0 Å². The molecule has 3 heterocycles. The summed E-state index contributed by atoms with van der Waals surface area (Å²) in [5, 5.41) is 2.00. The molecule has 5 nitrogen and oxygen atoms in total. The molecule has 3 aromatic rings. The summed E-state index contributed by atoms with van der Waals surface area (Å²) < 4.78 is 38.5. The van der Waals surface area contributed by atoms with Crippen LogP contribution < -0.4 is 0 Å². The quantitative estimate of drug-likeness (QED) is 0.445. The molecule has 0 spiro atoms. The number of nitrogens with zero attached hydrogens (tertiary/aromatic N) is 2. The molecule has 0 aromatic heterocycles. The van der Waals surface area contributed by atoms with Crippen LogP contribution in [0, 0.1) is 17.7 Å². The van der Waals surface area contributed by atoms with Crippen molar-refractivity contribution in [2.45, 2.75) is 31.2 Å². The predicted octanol–water partition coefficient (Wildman–Crippen LogP) is 5.26.